The molecule has 144 valence electrons. The highest BCUT2D eigenvalue weighted by molar-refractivity contribution is 7.92. The van der Waals surface area contributed by atoms with E-state index < -0.39 is 20.7 Å². The van der Waals surface area contributed by atoms with Gasteiger partial charge in [0.2, 0.25) is 11.8 Å². The van der Waals surface area contributed by atoms with Crippen molar-refractivity contribution in [1.82, 2.24) is 24.4 Å². The lowest BCUT2D eigenvalue weighted by Crippen LogP contribution is -2.17. The van der Waals surface area contributed by atoms with E-state index in [1.54, 1.807) is 23.0 Å². The van der Waals surface area contributed by atoms with Gasteiger partial charge < -0.3 is 4.74 Å². The summed E-state index contributed by atoms with van der Waals surface area (Å²) >= 11 is 0. The molecule has 0 radical (unpaired) electrons. The molecule has 0 saturated heterocycles. The molecule has 0 aliphatic rings. The summed E-state index contributed by atoms with van der Waals surface area (Å²) in [6, 6.07) is 10.3. The number of rotatable bonds is 6. The van der Waals surface area contributed by atoms with Crippen LogP contribution in [-0.2, 0) is 16.6 Å². The lowest BCUT2D eigenvalue weighted by Gasteiger charge is -2.11. The van der Waals surface area contributed by atoms with E-state index in [2.05, 4.69) is 20.0 Å². The number of ether oxygens (including phenoxy) is 1. The Morgan fingerprint density at radius 2 is 2.00 bits per heavy atom. The van der Waals surface area contributed by atoms with Crippen LogP contribution in [0, 0.1) is 5.82 Å². The number of nitrogens with zero attached hydrogens (tertiary/aromatic N) is 5. The Hall–Kier alpha value is -3.47. The lowest BCUT2D eigenvalue weighted by atomic mass is 10.2. The maximum absolute atomic E-state index is 13.9. The molecule has 0 aliphatic carbocycles. The summed E-state index contributed by atoms with van der Waals surface area (Å²) in [5.41, 5.74) is 1.21. The van der Waals surface area contributed by atoms with E-state index in [4.69, 9.17) is 4.74 Å². The van der Waals surface area contributed by atoms with Crippen LogP contribution >= 0.6 is 0 Å². The van der Waals surface area contributed by atoms with Gasteiger partial charge in [-0.3, -0.25) is 4.68 Å². The third kappa shape index (κ3) is 3.27. The van der Waals surface area contributed by atoms with Gasteiger partial charge in [-0.15, -0.1) is 10.2 Å². The molecule has 28 heavy (non-hydrogen) atoms. The van der Waals surface area contributed by atoms with Crippen LogP contribution in [0.5, 0.6) is 5.88 Å². The minimum absolute atomic E-state index is 0.110. The van der Waals surface area contributed by atoms with Gasteiger partial charge in [-0.05, 0) is 29.8 Å². The molecule has 4 aromatic rings. The Kier molecular flexibility index (Phi) is 4.43. The van der Waals surface area contributed by atoms with E-state index in [9.17, 15) is 12.8 Å². The molecule has 0 amide bonds. The first kappa shape index (κ1) is 17.9. The molecule has 0 saturated carbocycles. The average Bonchev–Trinajstić information content (AvgIpc) is 3.31. The van der Waals surface area contributed by atoms with Crippen molar-refractivity contribution in [1.29, 1.82) is 0 Å². The minimum Gasteiger partial charge on any atom is -0.482 e. The van der Waals surface area contributed by atoms with Gasteiger partial charge in [-0.25, -0.2) is 21.9 Å². The minimum atomic E-state index is -4.20. The zero-order chi connectivity index (χ0) is 19.7. The molecule has 0 aliphatic heterocycles. The zero-order valence-corrected chi connectivity index (χ0v) is 15.5. The predicted octanol–water partition coefficient (Wildman–Crippen LogP) is 1.92. The van der Waals surface area contributed by atoms with Gasteiger partial charge in [0.15, 0.2) is 5.65 Å². The molecule has 0 spiro atoms. The summed E-state index contributed by atoms with van der Waals surface area (Å²) in [6.07, 6.45) is 3.48. The van der Waals surface area contributed by atoms with E-state index >= 15 is 0 Å². The summed E-state index contributed by atoms with van der Waals surface area (Å²) in [4.78, 5) is -0.485. The molecule has 1 aromatic carbocycles. The van der Waals surface area contributed by atoms with Gasteiger partial charge in [0.05, 0.1) is 13.7 Å². The molecule has 0 atom stereocenters. The molecule has 0 unspecified atom stereocenters. The van der Waals surface area contributed by atoms with E-state index in [1.165, 1.54) is 29.7 Å². The maximum atomic E-state index is 13.9. The molecule has 3 heterocycles. The first-order valence-corrected chi connectivity index (χ1v) is 9.63. The van der Waals surface area contributed by atoms with Gasteiger partial charge in [0.25, 0.3) is 10.0 Å². The van der Waals surface area contributed by atoms with Crippen molar-refractivity contribution >= 4 is 21.6 Å². The fourth-order valence-corrected chi connectivity index (χ4v) is 3.83. The summed E-state index contributed by atoms with van der Waals surface area (Å²) in [5.74, 6) is -0.658. The first-order chi connectivity index (χ1) is 13.5. The largest absolute Gasteiger partial charge is 0.482 e. The van der Waals surface area contributed by atoms with Crippen LogP contribution in [0.15, 0.2) is 59.8 Å². The van der Waals surface area contributed by atoms with Crippen LogP contribution in [0.2, 0.25) is 0 Å². The number of halogens is 1. The molecule has 9 nitrogen and oxygen atoms in total. The predicted molar refractivity (Wildman–Crippen MR) is 98.1 cm³/mol. The Labute approximate surface area is 159 Å². The summed E-state index contributed by atoms with van der Waals surface area (Å²) in [7, 11) is -2.75. The van der Waals surface area contributed by atoms with Crippen LogP contribution in [-0.4, -0.2) is 39.9 Å². The zero-order valence-electron chi connectivity index (χ0n) is 14.7. The van der Waals surface area contributed by atoms with Crippen molar-refractivity contribution in [3.8, 4) is 5.88 Å². The SMILES string of the molecule is COc1cc(Cn2cccn2)cc2nnc(NS(=O)(=O)c3ccccc3F)n12. The quantitative estimate of drug-likeness (QED) is 0.529. The number of methoxy groups -OCH3 is 1. The maximum Gasteiger partial charge on any atom is 0.267 e. The van der Waals surface area contributed by atoms with Gasteiger partial charge in [0, 0.05) is 18.5 Å². The van der Waals surface area contributed by atoms with Crippen molar-refractivity contribution in [2.24, 2.45) is 0 Å². The van der Waals surface area contributed by atoms with Crippen molar-refractivity contribution in [2.45, 2.75) is 11.4 Å². The van der Waals surface area contributed by atoms with E-state index in [1.807, 2.05) is 12.3 Å². The van der Waals surface area contributed by atoms with Crippen LogP contribution in [0.25, 0.3) is 5.65 Å². The van der Waals surface area contributed by atoms with Crippen LogP contribution in [0.4, 0.5) is 10.3 Å². The molecular weight excluding hydrogens is 387 g/mol. The van der Waals surface area contributed by atoms with Crippen molar-refractivity contribution in [3.63, 3.8) is 0 Å². The number of benzene rings is 1. The molecular formula is C17H15FN6O3S. The molecule has 0 bridgehead atoms. The second kappa shape index (κ2) is 6.93. The molecule has 4 rings (SSSR count). The molecule has 3 aromatic heterocycles. The summed E-state index contributed by atoms with van der Waals surface area (Å²) in [6.45, 7) is 0.475. The van der Waals surface area contributed by atoms with E-state index in [0.29, 0.717) is 18.1 Å². The van der Waals surface area contributed by atoms with Crippen molar-refractivity contribution in [3.05, 3.63) is 66.2 Å². The second-order valence-electron chi connectivity index (χ2n) is 5.86. The van der Waals surface area contributed by atoms with Crippen LogP contribution < -0.4 is 9.46 Å². The average molecular weight is 402 g/mol. The number of hydrogen-bond donors (Lipinski definition) is 1. The molecule has 1 N–H and O–H groups in total. The molecule has 0 fully saturated rings. The van der Waals surface area contributed by atoms with Crippen LogP contribution in [0.1, 0.15) is 5.56 Å². The summed E-state index contributed by atoms with van der Waals surface area (Å²) in [5, 5.41) is 12.0. The number of sulfonamides is 1. The van der Waals surface area contributed by atoms with E-state index in [0.717, 1.165) is 11.6 Å². The number of hydrogen-bond acceptors (Lipinski definition) is 6. The van der Waals surface area contributed by atoms with Crippen LogP contribution in [0.3, 0.4) is 0 Å². The number of nitrogens with one attached hydrogen (secondary N) is 1. The fraction of sp³-hybridized carbons (Fsp3) is 0.118. The number of fused-ring (bicyclic) bond motifs is 1. The van der Waals surface area contributed by atoms with Gasteiger partial charge in [-0.1, -0.05) is 12.1 Å². The third-order valence-electron chi connectivity index (χ3n) is 4.00. The fourth-order valence-electron chi connectivity index (χ4n) is 2.76. The Morgan fingerprint density at radius 3 is 2.71 bits per heavy atom. The number of aromatic nitrogens is 5. The second-order valence-corrected chi connectivity index (χ2v) is 7.51. The Morgan fingerprint density at radius 1 is 1.18 bits per heavy atom. The third-order valence-corrected chi connectivity index (χ3v) is 5.36. The van der Waals surface area contributed by atoms with Gasteiger partial charge in [-0.2, -0.15) is 5.10 Å². The highest BCUT2D eigenvalue weighted by atomic mass is 32.2. The lowest BCUT2D eigenvalue weighted by molar-refractivity contribution is 0.392. The Balaban J connectivity index is 1.73. The summed E-state index contributed by atoms with van der Waals surface area (Å²) < 4.78 is 49.8. The highest BCUT2D eigenvalue weighted by Crippen LogP contribution is 2.24. The van der Waals surface area contributed by atoms with E-state index in [-0.39, 0.29) is 5.95 Å². The number of pyridine rings is 1. The standard InChI is InChI=1S/C17H15FN6O3S/c1-27-16-10-12(11-23-8-4-7-19-23)9-15-20-21-17(24(15)16)22-28(25,26)14-6-3-2-5-13(14)18/h2-10H,11H2,1H3,(H,21,22). The first-order valence-electron chi connectivity index (χ1n) is 8.15. The smallest absolute Gasteiger partial charge is 0.267 e. The molecule has 11 heteroatoms. The van der Waals surface area contributed by atoms with Gasteiger partial charge in [0.1, 0.15) is 10.7 Å². The number of anilines is 1. The van der Waals surface area contributed by atoms with Crippen molar-refractivity contribution < 1.29 is 17.5 Å². The monoisotopic (exact) mass is 402 g/mol. The topological polar surface area (TPSA) is 103 Å². The van der Waals surface area contributed by atoms with Gasteiger partial charge >= 0.3 is 0 Å². The Bertz CT molecular complexity index is 1240. The van der Waals surface area contributed by atoms with Crippen molar-refractivity contribution in [2.75, 3.05) is 11.8 Å². The normalized spacial score (nSPS) is 11.6. The highest BCUT2D eigenvalue weighted by Gasteiger charge is 2.22.